The van der Waals surface area contributed by atoms with Crippen LogP contribution in [0.15, 0.2) is 84.9 Å². The van der Waals surface area contributed by atoms with Gasteiger partial charge in [0.15, 0.2) is 0 Å². The van der Waals surface area contributed by atoms with Gasteiger partial charge in [0, 0.05) is 18.5 Å². The van der Waals surface area contributed by atoms with Gasteiger partial charge in [0.25, 0.3) is 0 Å². The zero-order valence-corrected chi connectivity index (χ0v) is 24.6. The number of nitrogens with one attached hydrogen (secondary N) is 1. The lowest BCUT2D eigenvalue weighted by atomic mass is 10.0. The van der Waals surface area contributed by atoms with E-state index in [1.54, 1.807) is 24.3 Å². The van der Waals surface area contributed by atoms with E-state index in [0.717, 1.165) is 21.7 Å². The van der Waals surface area contributed by atoms with E-state index in [-0.39, 0.29) is 18.9 Å². The van der Waals surface area contributed by atoms with Crippen LogP contribution in [0.4, 0.5) is 5.69 Å². The molecular formula is C31H39N3O5S. The van der Waals surface area contributed by atoms with Gasteiger partial charge in [-0.3, -0.25) is 13.9 Å². The van der Waals surface area contributed by atoms with Crippen molar-refractivity contribution in [3.8, 4) is 5.75 Å². The summed E-state index contributed by atoms with van der Waals surface area (Å²) in [6.45, 7) is 7.64. The first-order chi connectivity index (χ1) is 18.9. The summed E-state index contributed by atoms with van der Waals surface area (Å²) in [6.07, 6.45) is 1.33. The lowest BCUT2D eigenvalue weighted by Crippen LogP contribution is -2.56. The Hall–Kier alpha value is -3.85. The van der Waals surface area contributed by atoms with Crippen molar-refractivity contribution in [3.63, 3.8) is 0 Å². The number of rotatable bonds is 12. The fourth-order valence-corrected chi connectivity index (χ4v) is 5.13. The van der Waals surface area contributed by atoms with Crippen LogP contribution >= 0.6 is 0 Å². The van der Waals surface area contributed by atoms with E-state index in [1.807, 2.05) is 88.4 Å². The Morgan fingerprint density at radius 2 is 1.43 bits per heavy atom. The number of hydrogen-bond acceptors (Lipinski definition) is 5. The minimum atomic E-state index is -3.83. The SMILES string of the molecule is CCOc1ccc(N(CC(=O)N(Cc2ccccc2)C(Cc2ccccc2)C(=O)NC(C)(C)C)S(C)(=O)=O)cc1. The number of ether oxygens (including phenoxy) is 1. The molecule has 1 unspecified atom stereocenters. The van der Waals surface area contributed by atoms with Gasteiger partial charge in [-0.15, -0.1) is 0 Å². The van der Waals surface area contributed by atoms with E-state index in [2.05, 4.69) is 5.32 Å². The molecular weight excluding hydrogens is 526 g/mol. The molecule has 0 bridgehead atoms. The van der Waals surface area contributed by atoms with Crippen LogP contribution in [-0.2, 0) is 32.6 Å². The Labute approximate surface area is 238 Å². The molecule has 40 heavy (non-hydrogen) atoms. The fourth-order valence-electron chi connectivity index (χ4n) is 4.28. The van der Waals surface area contributed by atoms with Gasteiger partial charge in [-0.2, -0.15) is 0 Å². The number of sulfonamides is 1. The average Bonchev–Trinajstić information content (AvgIpc) is 2.89. The third kappa shape index (κ3) is 9.12. The van der Waals surface area contributed by atoms with E-state index in [4.69, 9.17) is 4.74 Å². The molecule has 0 aromatic heterocycles. The van der Waals surface area contributed by atoms with Crippen LogP contribution in [0, 0.1) is 0 Å². The standard InChI is InChI=1S/C31H39N3O5S/c1-6-39-27-19-17-26(18-20-27)34(40(5,37)38)23-29(35)33(22-25-15-11-8-12-16-25)28(30(36)32-31(2,3)4)21-24-13-9-7-10-14-24/h7-20,28H,6,21-23H2,1-5H3,(H,32,36). The average molecular weight is 566 g/mol. The zero-order chi connectivity index (χ0) is 29.3. The summed E-state index contributed by atoms with van der Waals surface area (Å²) < 4.78 is 32.3. The maximum absolute atomic E-state index is 14.1. The lowest BCUT2D eigenvalue weighted by molar-refractivity contribution is -0.140. The molecule has 1 atom stereocenters. The molecule has 9 heteroatoms. The van der Waals surface area contributed by atoms with Crippen molar-refractivity contribution in [2.75, 3.05) is 23.7 Å². The molecule has 0 heterocycles. The Morgan fingerprint density at radius 3 is 1.93 bits per heavy atom. The molecule has 1 N–H and O–H groups in total. The number of benzene rings is 3. The van der Waals surface area contributed by atoms with E-state index in [1.165, 1.54) is 4.90 Å². The topological polar surface area (TPSA) is 96.0 Å². The third-order valence-corrected chi connectivity index (χ3v) is 7.22. The van der Waals surface area contributed by atoms with Crippen LogP contribution in [-0.4, -0.2) is 56.1 Å². The highest BCUT2D eigenvalue weighted by molar-refractivity contribution is 7.92. The largest absolute Gasteiger partial charge is 0.494 e. The molecule has 3 aromatic rings. The molecule has 0 fully saturated rings. The molecule has 0 radical (unpaired) electrons. The summed E-state index contributed by atoms with van der Waals surface area (Å²) in [5.41, 5.74) is 1.50. The second-order valence-corrected chi connectivity index (χ2v) is 12.6. The number of carbonyl (C=O) groups excluding carboxylic acids is 2. The summed E-state index contributed by atoms with van der Waals surface area (Å²) in [7, 11) is -3.83. The first-order valence-corrected chi connectivity index (χ1v) is 15.1. The molecule has 0 aliphatic rings. The van der Waals surface area contributed by atoms with E-state index >= 15 is 0 Å². The molecule has 3 aromatic carbocycles. The maximum atomic E-state index is 14.1. The van der Waals surface area contributed by atoms with Crippen LogP contribution in [0.25, 0.3) is 0 Å². The number of amides is 2. The zero-order valence-electron chi connectivity index (χ0n) is 23.8. The molecule has 0 spiro atoms. The molecule has 214 valence electrons. The Balaban J connectivity index is 2.03. The van der Waals surface area contributed by atoms with E-state index < -0.39 is 34.1 Å². The van der Waals surface area contributed by atoms with Gasteiger partial charge >= 0.3 is 0 Å². The van der Waals surface area contributed by atoms with Crippen LogP contribution in [0.3, 0.4) is 0 Å². The number of nitrogens with zero attached hydrogens (tertiary/aromatic N) is 2. The van der Waals surface area contributed by atoms with Crippen molar-refractivity contribution < 1.29 is 22.7 Å². The van der Waals surface area contributed by atoms with Crippen molar-refractivity contribution >= 4 is 27.5 Å². The van der Waals surface area contributed by atoms with E-state index in [9.17, 15) is 18.0 Å². The summed E-state index contributed by atoms with van der Waals surface area (Å²) in [5.74, 6) is -0.209. The maximum Gasteiger partial charge on any atom is 0.244 e. The van der Waals surface area contributed by atoms with Crippen LogP contribution in [0.2, 0.25) is 0 Å². The molecule has 0 aliphatic carbocycles. The van der Waals surface area contributed by atoms with Crippen molar-refractivity contribution in [1.82, 2.24) is 10.2 Å². The van der Waals surface area contributed by atoms with E-state index in [0.29, 0.717) is 18.0 Å². The second-order valence-electron chi connectivity index (χ2n) is 10.6. The molecule has 8 nitrogen and oxygen atoms in total. The van der Waals surface area contributed by atoms with Crippen molar-refractivity contribution in [1.29, 1.82) is 0 Å². The number of hydrogen-bond donors (Lipinski definition) is 1. The van der Waals surface area contributed by atoms with Crippen LogP contribution < -0.4 is 14.4 Å². The molecule has 2 amide bonds. The summed E-state index contributed by atoms with van der Waals surface area (Å²) >= 11 is 0. The minimum Gasteiger partial charge on any atom is -0.494 e. The molecule has 0 saturated heterocycles. The highest BCUT2D eigenvalue weighted by atomic mass is 32.2. The van der Waals surface area contributed by atoms with Gasteiger partial charge in [-0.05, 0) is 63.1 Å². The Kier molecular flexibility index (Phi) is 10.3. The quantitative estimate of drug-likeness (QED) is 0.351. The molecule has 0 saturated carbocycles. The van der Waals surface area contributed by atoms with Crippen molar-refractivity contribution in [2.24, 2.45) is 0 Å². The molecule has 3 rings (SSSR count). The lowest BCUT2D eigenvalue weighted by Gasteiger charge is -2.35. The fraction of sp³-hybridized carbons (Fsp3) is 0.355. The van der Waals surface area contributed by atoms with Gasteiger partial charge in [-0.25, -0.2) is 8.42 Å². The highest BCUT2D eigenvalue weighted by Crippen LogP contribution is 2.23. The van der Waals surface area contributed by atoms with Gasteiger partial charge in [0.1, 0.15) is 18.3 Å². The predicted octanol–water partition coefficient (Wildman–Crippen LogP) is 4.41. The normalized spacial score (nSPS) is 12.3. The smallest absolute Gasteiger partial charge is 0.244 e. The summed E-state index contributed by atoms with van der Waals surface area (Å²) in [4.78, 5) is 29.2. The Morgan fingerprint density at radius 1 is 0.875 bits per heavy atom. The number of anilines is 1. The second kappa shape index (κ2) is 13.5. The van der Waals surface area contributed by atoms with Gasteiger partial charge in [-0.1, -0.05) is 60.7 Å². The minimum absolute atomic E-state index is 0.135. The van der Waals surface area contributed by atoms with Gasteiger partial charge < -0.3 is 15.0 Å². The van der Waals surface area contributed by atoms with Crippen molar-refractivity contribution in [2.45, 2.75) is 52.2 Å². The van der Waals surface area contributed by atoms with Gasteiger partial charge in [0.05, 0.1) is 18.6 Å². The Bertz CT molecular complexity index is 1360. The number of carbonyl (C=O) groups is 2. The summed E-state index contributed by atoms with van der Waals surface area (Å²) in [6, 6.07) is 24.5. The monoisotopic (exact) mass is 565 g/mol. The van der Waals surface area contributed by atoms with Crippen LogP contribution in [0.1, 0.15) is 38.8 Å². The van der Waals surface area contributed by atoms with Crippen LogP contribution in [0.5, 0.6) is 5.75 Å². The predicted molar refractivity (Wildman–Crippen MR) is 159 cm³/mol. The van der Waals surface area contributed by atoms with Gasteiger partial charge in [0.2, 0.25) is 21.8 Å². The highest BCUT2D eigenvalue weighted by Gasteiger charge is 2.34. The third-order valence-electron chi connectivity index (χ3n) is 6.08. The van der Waals surface area contributed by atoms with Crippen molar-refractivity contribution in [3.05, 3.63) is 96.1 Å². The first kappa shape index (κ1) is 30.7. The first-order valence-electron chi connectivity index (χ1n) is 13.3. The summed E-state index contributed by atoms with van der Waals surface area (Å²) in [5, 5.41) is 3.02. The molecule has 0 aliphatic heterocycles.